The molecule has 0 rings (SSSR count). The molecule has 19 heteroatoms. The third-order valence-electron chi connectivity index (χ3n) is 17.7. The molecule has 0 aliphatic heterocycles. The average molecular weight is 1530 g/mol. The second-order valence-corrected chi connectivity index (χ2v) is 31.0. The van der Waals surface area contributed by atoms with Gasteiger partial charge in [-0.15, -0.1) is 0 Å². The SMILES string of the molecule is CCCCC/C=C\C/C=C\C/C=C\C/C=C\CCCC(=O)OC[C@H](COP(=O)(O)OC[C@H](O)COP(=O)(O)OC[C@@H](COC(=O)CCCCCCC/C=C\CCCCCCCC)OC(=O)CCC/C=C\C/C=C\C/C=C\C/C=C\CCCCC)OC(=O)CCCCCCCCCCCCCCCCCCC. The lowest BCUT2D eigenvalue weighted by atomic mass is 10.0. The number of phosphoric ester groups is 2. The molecule has 0 bridgehead atoms. The standard InChI is InChI=1S/C87H152O17P2/c1-5-9-13-17-21-25-29-33-37-40-44-48-52-56-60-64-68-72-85(90)98-78-83(104-87(92)74-70-66-62-58-54-50-46-42-39-35-31-27-23-19-15-11-7-3)80-102-106(95,96)100-76-81(88)75-99-105(93,94)101-79-82(77-97-84(89)71-67-63-59-55-51-47-43-36-32-28-24-20-16-12-8-4)103-86(91)73-69-65-61-57-53-49-45-41-38-34-30-26-22-18-14-10-6-2/h21-22,25-26,33-34,36-38,43-45,48-49,56-57,60-61,81-83,88H,5-20,23-24,27-32,35,39-42,46-47,50-55,58-59,62-80H2,1-4H3,(H,93,94)(H,95,96)/b25-21-,26-22-,37-33-,38-34-,43-36-,48-44-,49-45-,60-56-,61-57-/t81-,82-,83-/m1/s1. The summed E-state index contributed by atoms with van der Waals surface area (Å²) in [6.07, 6.45) is 86.4. The van der Waals surface area contributed by atoms with Crippen LogP contribution in [0.25, 0.3) is 0 Å². The van der Waals surface area contributed by atoms with Crippen LogP contribution in [-0.4, -0.2) is 96.7 Å². The van der Waals surface area contributed by atoms with Crippen LogP contribution in [0.1, 0.15) is 362 Å². The van der Waals surface area contributed by atoms with Gasteiger partial charge in [0.25, 0.3) is 0 Å². The lowest BCUT2D eigenvalue weighted by Gasteiger charge is -2.21. The maximum absolute atomic E-state index is 13.1. The van der Waals surface area contributed by atoms with Crippen LogP contribution in [0.5, 0.6) is 0 Å². The van der Waals surface area contributed by atoms with Crippen molar-refractivity contribution in [1.82, 2.24) is 0 Å². The fourth-order valence-corrected chi connectivity index (χ4v) is 12.8. The first-order chi connectivity index (χ1) is 51.7. The van der Waals surface area contributed by atoms with Crippen molar-refractivity contribution < 1.29 is 80.2 Å². The Labute approximate surface area is 645 Å². The molecule has 0 spiro atoms. The molecular formula is C87H152O17P2. The highest BCUT2D eigenvalue weighted by Gasteiger charge is 2.30. The number of allylic oxidation sites excluding steroid dienone is 18. The number of unbranched alkanes of at least 4 members (excludes halogenated alkanes) is 35. The van der Waals surface area contributed by atoms with Crippen molar-refractivity contribution >= 4 is 39.5 Å². The zero-order valence-electron chi connectivity index (χ0n) is 67.1. The van der Waals surface area contributed by atoms with E-state index in [2.05, 4.69) is 113 Å². The minimum atomic E-state index is -5.00. The Hall–Kier alpha value is -4.28. The van der Waals surface area contributed by atoms with Gasteiger partial charge in [-0.3, -0.25) is 37.3 Å². The number of esters is 4. The summed E-state index contributed by atoms with van der Waals surface area (Å²) in [7, 11) is -9.99. The first-order valence-corrected chi connectivity index (χ1v) is 45.1. The molecule has 0 heterocycles. The highest BCUT2D eigenvalue weighted by atomic mass is 31.2. The number of phosphoric acid groups is 2. The summed E-state index contributed by atoms with van der Waals surface area (Å²) in [5.74, 6) is -2.30. The van der Waals surface area contributed by atoms with Gasteiger partial charge in [0.05, 0.1) is 26.4 Å². The summed E-state index contributed by atoms with van der Waals surface area (Å²) < 4.78 is 68.6. The third-order valence-corrected chi connectivity index (χ3v) is 19.6. The molecule has 106 heavy (non-hydrogen) atoms. The normalized spacial score (nSPS) is 14.4. The van der Waals surface area contributed by atoms with Crippen LogP contribution in [0, 0.1) is 0 Å². The molecule has 0 aromatic carbocycles. The Morgan fingerprint density at radius 3 is 0.783 bits per heavy atom. The van der Waals surface area contributed by atoms with E-state index in [-0.39, 0.29) is 25.7 Å². The van der Waals surface area contributed by atoms with Crippen LogP contribution in [0.2, 0.25) is 0 Å². The first-order valence-electron chi connectivity index (χ1n) is 42.1. The topological polar surface area (TPSA) is 237 Å². The van der Waals surface area contributed by atoms with Gasteiger partial charge in [0.1, 0.15) is 19.3 Å². The molecule has 0 aliphatic rings. The third kappa shape index (κ3) is 77.9. The fourth-order valence-electron chi connectivity index (χ4n) is 11.3. The Morgan fingerprint density at radius 2 is 0.472 bits per heavy atom. The van der Waals surface area contributed by atoms with E-state index >= 15 is 0 Å². The van der Waals surface area contributed by atoms with Gasteiger partial charge in [-0.1, -0.05) is 317 Å². The van der Waals surface area contributed by atoms with E-state index in [1.165, 1.54) is 154 Å². The minimum Gasteiger partial charge on any atom is -0.462 e. The Morgan fingerprint density at radius 1 is 0.264 bits per heavy atom. The average Bonchev–Trinajstić information content (AvgIpc) is 0.905. The number of carbonyl (C=O) groups excluding carboxylic acids is 4. The second-order valence-electron chi connectivity index (χ2n) is 28.1. The molecule has 0 saturated heterocycles. The predicted molar refractivity (Wildman–Crippen MR) is 436 cm³/mol. The minimum absolute atomic E-state index is 0.0163. The van der Waals surface area contributed by atoms with E-state index in [9.17, 15) is 43.2 Å². The number of hydrogen-bond acceptors (Lipinski definition) is 15. The monoisotopic (exact) mass is 1530 g/mol. The number of aliphatic hydroxyl groups is 1. The molecule has 2 unspecified atom stereocenters. The smallest absolute Gasteiger partial charge is 0.462 e. The summed E-state index contributed by atoms with van der Waals surface area (Å²) >= 11 is 0. The molecule has 3 N–H and O–H groups in total. The van der Waals surface area contributed by atoms with Gasteiger partial charge in [0.15, 0.2) is 12.2 Å². The summed E-state index contributed by atoms with van der Waals surface area (Å²) in [4.78, 5) is 73.1. The van der Waals surface area contributed by atoms with Gasteiger partial charge in [-0.05, 0) is 128 Å². The van der Waals surface area contributed by atoms with Gasteiger partial charge in [-0.25, -0.2) is 9.13 Å². The van der Waals surface area contributed by atoms with E-state index in [0.29, 0.717) is 38.5 Å². The number of carbonyl (C=O) groups is 4. The molecule has 0 fully saturated rings. The largest absolute Gasteiger partial charge is 0.472 e. The number of aliphatic hydroxyl groups excluding tert-OH is 1. The highest BCUT2D eigenvalue weighted by molar-refractivity contribution is 7.47. The quantitative estimate of drug-likeness (QED) is 0.0169. The molecule has 0 radical (unpaired) electrons. The second kappa shape index (κ2) is 78.8. The zero-order valence-corrected chi connectivity index (χ0v) is 68.9. The first kappa shape index (κ1) is 102. The summed E-state index contributed by atoms with van der Waals surface area (Å²) in [5.41, 5.74) is 0. The lowest BCUT2D eigenvalue weighted by Crippen LogP contribution is -2.30. The van der Waals surface area contributed by atoms with Crippen LogP contribution in [0.3, 0.4) is 0 Å². The molecule has 0 saturated carbocycles. The van der Waals surface area contributed by atoms with Crippen LogP contribution in [0.4, 0.5) is 0 Å². The summed E-state index contributed by atoms with van der Waals surface area (Å²) in [6.45, 7) is 4.74. The van der Waals surface area contributed by atoms with Gasteiger partial charge in [0.2, 0.25) is 0 Å². The maximum atomic E-state index is 13.1. The molecule has 0 aromatic rings. The lowest BCUT2D eigenvalue weighted by molar-refractivity contribution is -0.161. The molecule has 17 nitrogen and oxygen atoms in total. The molecule has 5 atom stereocenters. The van der Waals surface area contributed by atoms with Crippen molar-refractivity contribution in [3.05, 3.63) is 109 Å². The van der Waals surface area contributed by atoms with E-state index in [4.69, 9.17) is 37.0 Å². The van der Waals surface area contributed by atoms with Gasteiger partial charge >= 0.3 is 39.5 Å². The van der Waals surface area contributed by atoms with Gasteiger partial charge in [-0.2, -0.15) is 0 Å². The summed E-state index contributed by atoms with van der Waals surface area (Å²) in [5, 5.41) is 10.7. The predicted octanol–water partition coefficient (Wildman–Crippen LogP) is 24.9. The van der Waals surface area contributed by atoms with Crippen molar-refractivity contribution in [3.63, 3.8) is 0 Å². The zero-order chi connectivity index (χ0) is 77.4. The fraction of sp³-hybridized carbons (Fsp3) is 0.747. The Bertz CT molecular complexity index is 2430. The Balaban J connectivity index is 5.45. The van der Waals surface area contributed by atoms with Crippen LogP contribution in [-0.2, 0) is 65.4 Å². The number of ether oxygens (including phenoxy) is 4. The maximum Gasteiger partial charge on any atom is 0.472 e. The van der Waals surface area contributed by atoms with Crippen LogP contribution < -0.4 is 0 Å². The highest BCUT2D eigenvalue weighted by Crippen LogP contribution is 2.45. The van der Waals surface area contributed by atoms with Crippen molar-refractivity contribution in [3.8, 4) is 0 Å². The number of hydrogen-bond donors (Lipinski definition) is 3. The van der Waals surface area contributed by atoms with Gasteiger partial charge < -0.3 is 33.8 Å². The number of rotatable bonds is 79. The van der Waals surface area contributed by atoms with Gasteiger partial charge in [0, 0.05) is 25.7 Å². The van der Waals surface area contributed by atoms with Crippen LogP contribution in [0.15, 0.2) is 109 Å². The van der Waals surface area contributed by atoms with Crippen LogP contribution >= 0.6 is 15.6 Å². The van der Waals surface area contributed by atoms with Crippen molar-refractivity contribution in [2.45, 2.75) is 380 Å². The van der Waals surface area contributed by atoms with E-state index in [0.717, 1.165) is 116 Å². The molecule has 0 aromatic heterocycles. The molecular weight excluding hydrogens is 1380 g/mol. The van der Waals surface area contributed by atoms with E-state index in [1.807, 2.05) is 24.3 Å². The van der Waals surface area contributed by atoms with Crippen molar-refractivity contribution in [2.24, 2.45) is 0 Å². The van der Waals surface area contributed by atoms with E-state index in [1.54, 1.807) is 0 Å². The Kier molecular flexibility index (Phi) is 75.6. The van der Waals surface area contributed by atoms with Crippen molar-refractivity contribution in [1.29, 1.82) is 0 Å². The molecule has 612 valence electrons. The van der Waals surface area contributed by atoms with Crippen molar-refractivity contribution in [2.75, 3.05) is 39.6 Å². The molecule has 0 amide bonds. The van der Waals surface area contributed by atoms with E-state index < -0.39 is 97.5 Å². The summed E-state index contributed by atoms with van der Waals surface area (Å²) in [6, 6.07) is 0. The molecule has 0 aliphatic carbocycles.